The van der Waals surface area contributed by atoms with E-state index in [0.29, 0.717) is 12.1 Å². The fraction of sp³-hybridized carbons (Fsp3) is 0.882. The highest BCUT2D eigenvalue weighted by atomic mass is 15.3. The second-order valence-corrected chi connectivity index (χ2v) is 7.60. The molecule has 4 rings (SSSR count). The van der Waals surface area contributed by atoms with Gasteiger partial charge in [-0.15, -0.1) is 10.2 Å². The number of hydrogen-bond acceptors (Lipinski definition) is 3. The molecule has 116 valence electrons. The second kappa shape index (κ2) is 5.38. The third kappa shape index (κ3) is 2.52. The van der Waals surface area contributed by atoms with E-state index in [1.165, 1.54) is 63.6 Å². The summed E-state index contributed by atoms with van der Waals surface area (Å²) in [5.74, 6) is 2.34. The zero-order valence-corrected chi connectivity index (χ0v) is 13.3. The molecule has 1 aliphatic heterocycles. The van der Waals surface area contributed by atoms with Gasteiger partial charge in [-0.3, -0.25) is 0 Å². The lowest BCUT2D eigenvalue weighted by atomic mass is 9.71. The van der Waals surface area contributed by atoms with E-state index in [4.69, 9.17) is 0 Å². The van der Waals surface area contributed by atoms with Crippen LogP contribution in [-0.4, -0.2) is 20.8 Å². The van der Waals surface area contributed by atoms with Crippen molar-refractivity contribution in [2.75, 3.05) is 0 Å². The lowest BCUT2D eigenvalue weighted by Gasteiger charge is -2.38. The summed E-state index contributed by atoms with van der Waals surface area (Å²) in [7, 11) is 0. The van der Waals surface area contributed by atoms with Gasteiger partial charge in [-0.2, -0.15) is 0 Å². The Kier molecular flexibility index (Phi) is 3.52. The van der Waals surface area contributed by atoms with Gasteiger partial charge in [0.05, 0.1) is 6.04 Å². The van der Waals surface area contributed by atoms with E-state index in [1.54, 1.807) is 0 Å². The van der Waals surface area contributed by atoms with Crippen LogP contribution >= 0.6 is 0 Å². The molecule has 4 nitrogen and oxygen atoms in total. The van der Waals surface area contributed by atoms with E-state index in [-0.39, 0.29) is 0 Å². The second-order valence-electron chi connectivity index (χ2n) is 7.60. The summed E-state index contributed by atoms with van der Waals surface area (Å²) in [5, 5.41) is 12.6. The minimum atomic E-state index is 0.340. The first-order valence-electron chi connectivity index (χ1n) is 8.94. The predicted octanol–water partition coefficient (Wildman–Crippen LogP) is 3.38. The average Bonchev–Trinajstić information content (AvgIpc) is 3.18. The Hall–Kier alpha value is -0.900. The number of rotatable bonds is 3. The Balaban J connectivity index is 1.36. The maximum atomic E-state index is 4.42. The van der Waals surface area contributed by atoms with Crippen molar-refractivity contribution in [3.05, 3.63) is 11.6 Å². The maximum Gasteiger partial charge on any atom is 0.149 e. The number of nitrogens with zero attached hydrogens (tertiary/aromatic N) is 3. The standard InChI is InChI=1S/C17H28N4/c1-13(16-20-19-15-5-4-12-21(15)16)18-14-6-10-17(11-7-14)8-2-3-9-17/h13-14,18H,2-12H2,1H3. The lowest BCUT2D eigenvalue weighted by Crippen LogP contribution is -2.38. The molecule has 1 unspecified atom stereocenters. The van der Waals surface area contributed by atoms with E-state index in [2.05, 4.69) is 27.0 Å². The van der Waals surface area contributed by atoms with Crippen LogP contribution in [-0.2, 0) is 13.0 Å². The first kappa shape index (κ1) is 13.7. The van der Waals surface area contributed by atoms with Crippen LogP contribution in [0.2, 0.25) is 0 Å². The normalized spacial score (nSPS) is 26.3. The third-order valence-corrected chi connectivity index (χ3v) is 6.22. The van der Waals surface area contributed by atoms with Gasteiger partial charge in [-0.25, -0.2) is 0 Å². The molecule has 4 heteroatoms. The molecule has 2 heterocycles. The fourth-order valence-electron chi connectivity index (χ4n) is 4.94. The zero-order chi connectivity index (χ0) is 14.3. The molecule has 2 aliphatic carbocycles. The lowest BCUT2D eigenvalue weighted by molar-refractivity contribution is 0.163. The van der Waals surface area contributed by atoms with Gasteiger partial charge >= 0.3 is 0 Å². The van der Waals surface area contributed by atoms with Crippen molar-refractivity contribution in [1.82, 2.24) is 20.1 Å². The number of aromatic nitrogens is 3. The van der Waals surface area contributed by atoms with Crippen molar-refractivity contribution >= 4 is 0 Å². The average molecular weight is 288 g/mol. The Morgan fingerprint density at radius 1 is 1.10 bits per heavy atom. The van der Waals surface area contributed by atoms with Gasteiger partial charge in [0.25, 0.3) is 0 Å². The van der Waals surface area contributed by atoms with Gasteiger partial charge in [0.15, 0.2) is 0 Å². The summed E-state index contributed by atoms with van der Waals surface area (Å²) in [6.45, 7) is 3.37. The quantitative estimate of drug-likeness (QED) is 0.927. The smallest absolute Gasteiger partial charge is 0.149 e. The van der Waals surface area contributed by atoms with Crippen molar-refractivity contribution in [3.63, 3.8) is 0 Å². The van der Waals surface area contributed by atoms with Crippen LogP contribution in [0.3, 0.4) is 0 Å². The Morgan fingerprint density at radius 2 is 1.86 bits per heavy atom. The minimum absolute atomic E-state index is 0.340. The zero-order valence-electron chi connectivity index (χ0n) is 13.3. The minimum Gasteiger partial charge on any atom is -0.314 e. The summed E-state index contributed by atoms with van der Waals surface area (Å²) in [6.07, 6.45) is 13.9. The Morgan fingerprint density at radius 3 is 2.62 bits per heavy atom. The predicted molar refractivity (Wildman–Crippen MR) is 83.1 cm³/mol. The van der Waals surface area contributed by atoms with Crippen molar-refractivity contribution < 1.29 is 0 Å². The number of hydrogen-bond donors (Lipinski definition) is 1. The Bertz CT molecular complexity index is 491. The van der Waals surface area contributed by atoms with E-state index < -0.39 is 0 Å². The van der Waals surface area contributed by atoms with Crippen molar-refractivity contribution in [1.29, 1.82) is 0 Å². The molecule has 1 aromatic rings. The molecular weight excluding hydrogens is 260 g/mol. The summed E-state index contributed by atoms with van der Waals surface area (Å²) in [6, 6.07) is 1.02. The highest BCUT2D eigenvalue weighted by Gasteiger charge is 2.37. The van der Waals surface area contributed by atoms with Crippen LogP contribution < -0.4 is 5.32 Å². The van der Waals surface area contributed by atoms with E-state index in [1.807, 2.05) is 0 Å². The van der Waals surface area contributed by atoms with Gasteiger partial charge in [-0.05, 0) is 57.3 Å². The van der Waals surface area contributed by atoms with Crippen LogP contribution in [0.1, 0.15) is 82.4 Å². The topological polar surface area (TPSA) is 42.7 Å². The fourth-order valence-corrected chi connectivity index (χ4v) is 4.94. The molecule has 1 spiro atoms. The third-order valence-electron chi connectivity index (χ3n) is 6.22. The highest BCUT2D eigenvalue weighted by Crippen LogP contribution is 2.49. The van der Waals surface area contributed by atoms with Gasteiger partial charge in [-0.1, -0.05) is 12.8 Å². The molecule has 0 bridgehead atoms. The molecule has 0 amide bonds. The molecule has 2 fully saturated rings. The molecule has 0 radical (unpaired) electrons. The number of aryl methyl sites for hydroxylation is 1. The van der Waals surface area contributed by atoms with Gasteiger partial charge in [0, 0.05) is 19.0 Å². The van der Waals surface area contributed by atoms with Crippen LogP contribution in [0.15, 0.2) is 0 Å². The van der Waals surface area contributed by atoms with Crippen LogP contribution in [0, 0.1) is 5.41 Å². The summed E-state index contributed by atoms with van der Waals surface area (Å²) in [5.41, 5.74) is 0.734. The molecule has 0 saturated heterocycles. The first-order chi connectivity index (χ1) is 10.3. The number of fused-ring (bicyclic) bond motifs is 1. The van der Waals surface area contributed by atoms with Crippen molar-refractivity contribution in [2.45, 2.75) is 89.8 Å². The van der Waals surface area contributed by atoms with Gasteiger partial charge in [0.1, 0.15) is 11.6 Å². The van der Waals surface area contributed by atoms with E-state index >= 15 is 0 Å². The highest BCUT2D eigenvalue weighted by molar-refractivity contribution is 5.05. The van der Waals surface area contributed by atoms with E-state index in [0.717, 1.165) is 24.2 Å². The molecule has 1 atom stereocenters. The SMILES string of the molecule is CC(NC1CCC2(CCCC2)CC1)c1nnc2n1CCC2. The molecular formula is C17H28N4. The van der Waals surface area contributed by atoms with Crippen LogP contribution in [0.25, 0.3) is 0 Å². The number of nitrogens with one attached hydrogen (secondary N) is 1. The first-order valence-corrected chi connectivity index (χ1v) is 8.94. The summed E-state index contributed by atoms with van der Waals surface area (Å²) < 4.78 is 2.33. The van der Waals surface area contributed by atoms with Gasteiger partial charge in [0.2, 0.25) is 0 Å². The van der Waals surface area contributed by atoms with Gasteiger partial charge < -0.3 is 9.88 Å². The van der Waals surface area contributed by atoms with Crippen molar-refractivity contribution in [2.24, 2.45) is 5.41 Å². The summed E-state index contributed by atoms with van der Waals surface area (Å²) in [4.78, 5) is 0. The molecule has 0 aromatic carbocycles. The summed E-state index contributed by atoms with van der Waals surface area (Å²) >= 11 is 0. The van der Waals surface area contributed by atoms with E-state index in [9.17, 15) is 0 Å². The maximum absolute atomic E-state index is 4.42. The largest absolute Gasteiger partial charge is 0.314 e. The monoisotopic (exact) mass is 288 g/mol. The molecule has 21 heavy (non-hydrogen) atoms. The molecule has 1 N–H and O–H groups in total. The molecule has 1 aromatic heterocycles. The molecule has 2 saturated carbocycles. The van der Waals surface area contributed by atoms with Crippen molar-refractivity contribution in [3.8, 4) is 0 Å². The molecule has 3 aliphatic rings. The van der Waals surface area contributed by atoms with Crippen LogP contribution in [0.5, 0.6) is 0 Å². The van der Waals surface area contributed by atoms with Crippen LogP contribution in [0.4, 0.5) is 0 Å². The Labute approximate surface area is 127 Å².